The molecule has 0 amide bonds. The van der Waals surface area contributed by atoms with E-state index >= 15 is 0 Å². The molecule has 0 bridgehead atoms. The molecule has 4 heteroatoms. The Bertz CT molecular complexity index is 345. The number of sulfone groups is 1. The summed E-state index contributed by atoms with van der Waals surface area (Å²) in [5.41, 5.74) is 5.25. The number of rotatable bonds is 4. The average Bonchev–Trinajstić information content (AvgIpc) is 2.16. The summed E-state index contributed by atoms with van der Waals surface area (Å²) in [6.45, 7) is 0.409. The van der Waals surface area contributed by atoms with Crippen LogP contribution < -0.4 is 5.73 Å². The third kappa shape index (κ3) is 2.82. The second-order valence-corrected chi connectivity index (χ2v) is 4.88. The van der Waals surface area contributed by atoms with Gasteiger partial charge >= 0.3 is 0 Å². The molecule has 0 aliphatic carbocycles. The summed E-state index contributed by atoms with van der Waals surface area (Å²) < 4.78 is 23.1. The summed E-state index contributed by atoms with van der Waals surface area (Å²) in [5, 5.41) is 0. The normalized spacial score (nSPS) is 11.5. The first-order valence-corrected chi connectivity index (χ1v) is 5.80. The zero-order valence-electron chi connectivity index (χ0n) is 7.31. The summed E-state index contributed by atoms with van der Waals surface area (Å²) in [6, 6.07) is 8.43. The van der Waals surface area contributed by atoms with Crippen molar-refractivity contribution < 1.29 is 8.42 Å². The summed E-state index contributed by atoms with van der Waals surface area (Å²) in [5.74, 6) is 0.132. The van der Waals surface area contributed by atoms with Crippen molar-refractivity contribution in [3.05, 3.63) is 30.3 Å². The summed E-state index contributed by atoms with van der Waals surface area (Å²) in [4.78, 5) is 0.378. The van der Waals surface area contributed by atoms with E-state index in [2.05, 4.69) is 0 Å². The quantitative estimate of drug-likeness (QED) is 0.780. The Morgan fingerprint density at radius 1 is 1.15 bits per heavy atom. The van der Waals surface area contributed by atoms with Crippen LogP contribution in [0.2, 0.25) is 0 Å². The van der Waals surface area contributed by atoms with E-state index in [1.54, 1.807) is 30.3 Å². The molecule has 0 spiro atoms. The zero-order chi connectivity index (χ0) is 9.73. The van der Waals surface area contributed by atoms with Crippen LogP contribution in [-0.2, 0) is 9.84 Å². The molecule has 0 aliphatic heterocycles. The first kappa shape index (κ1) is 10.2. The van der Waals surface area contributed by atoms with Crippen molar-refractivity contribution in [2.24, 2.45) is 5.73 Å². The van der Waals surface area contributed by atoms with Gasteiger partial charge in [0.1, 0.15) is 0 Å². The van der Waals surface area contributed by atoms with Crippen molar-refractivity contribution in [3.8, 4) is 0 Å². The topological polar surface area (TPSA) is 60.2 Å². The van der Waals surface area contributed by atoms with Gasteiger partial charge in [-0.05, 0) is 25.1 Å². The number of hydrogen-bond acceptors (Lipinski definition) is 3. The van der Waals surface area contributed by atoms with E-state index in [1.807, 2.05) is 0 Å². The highest BCUT2D eigenvalue weighted by Crippen LogP contribution is 2.10. The molecule has 0 unspecified atom stereocenters. The number of hydrogen-bond donors (Lipinski definition) is 1. The predicted molar refractivity (Wildman–Crippen MR) is 52.2 cm³/mol. The Balaban J connectivity index is 2.83. The molecule has 0 heterocycles. The molecule has 3 nitrogen and oxygen atoms in total. The van der Waals surface area contributed by atoms with Crippen molar-refractivity contribution in [2.45, 2.75) is 11.3 Å². The molecule has 1 rings (SSSR count). The molecule has 0 radical (unpaired) electrons. The molecule has 0 aliphatic rings. The van der Waals surface area contributed by atoms with Gasteiger partial charge in [0.15, 0.2) is 9.84 Å². The molecule has 2 N–H and O–H groups in total. The predicted octanol–water partition coefficient (Wildman–Crippen LogP) is 0.809. The minimum atomic E-state index is -3.10. The van der Waals surface area contributed by atoms with Gasteiger partial charge in [-0.25, -0.2) is 8.42 Å². The summed E-state index contributed by atoms with van der Waals surface area (Å²) in [6.07, 6.45) is 0.511. The molecule has 0 saturated heterocycles. The van der Waals surface area contributed by atoms with E-state index < -0.39 is 9.84 Å². The minimum Gasteiger partial charge on any atom is -0.330 e. The second-order valence-electron chi connectivity index (χ2n) is 2.77. The van der Waals surface area contributed by atoms with Crippen molar-refractivity contribution in [1.82, 2.24) is 0 Å². The van der Waals surface area contributed by atoms with Gasteiger partial charge in [0.2, 0.25) is 0 Å². The lowest BCUT2D eigenvalue weighted by Crippen LogP contribution is -2.11. The van der Waals surface area contributed by atoms with Crippen LogP contribution in [0.5, 0.6) is 0 Å². The molecule has 72 valence electrons. The largest absolute Gasteiger partial charge is 0.330 e. The van der Waals surface area contributed by atoms with E-state index in [0.717, 1.165) is 0 Å². The van der Waals surface area contributed by atoms with E-state index in [1.165, 1.54) is 0 Å². The first-order valence-electron chi connectivity index (χ1n) is 4.15. The Kier molecular flexibility index (Phi) is 3.45. The van der Waals surface area contributed by atoms with Gasteiger partial charge in [-0.1, -0.05) is 18.2 Å². The second kappa shape index (κ2) is 4.39. The molecule has 0 atom stereocenters. The van der Waals surface area contributed by atoms with Crippen molar-refractivity contribution >= 4 is 9.84 Å². The van der Waals surface area contributed by atoms with Crippen LogP contribution >= 0.6 is 0 Å². The maximum absolute atomic E-state index is 11.5. The standard InChI is InChI=1S/C9H13NO2S/c10-7-4-8-13(11,12)9-5-2-1-3-6-9/h1-3,5-6H,4,7-8,10H2. The van der Waals surface area contributed by atoms with Crippen LogP contribution in [0.3, 0.4) is 0 Å². The fraction of sp³-hybridized carbons (Fsp3) is 0.333. The van der Waals surface area contributed by atoms with Gasteiger partial charge in [-0.2, -0.15) is 0 Å². The Labute approximate surface area is 78.5 Å². The van der Waals surface area contributed by atoms with Crippen LogP contribution in [-0.4, -0.2) is 20.7 Å². The van der Waals surface area contributed by atoms with E-state index in [0.29, 0.717) is 17.9 Å². The fourth-order valence-corrected chi connectivity index (χ4v) is 2.37. The smallest absolute Gasteiger partial charge is 0.178 e. The maximum Gasteiger partial charge on any atom is 0.178 e. The number of benzene rings is 1. The van der Waals surface area contributed by atoms with Crippen LogP contribution in [0.15, 0.2) is 35.2 Å². The molecule has 0 fully saturated rings. The average molecular weight is 199 g/mol. The van der Waals surface area contributed by atoms with Crippen LogP contribution in [0.25, 0.3) is 0 Å². The van der Waals surface area contributed by atoms with Gasteiger partial charge < -0.3 is 5.73 Å². The Morgan fingerprint density at radius 2 is 1.77 bits per heavy atom. The summed E-state index contributed by atoms with van der Waals surface area (Å²) in [7, 11) is -3.10. The molecule has 0 saturated carbocycles. The third-order valence-electron chi connectivity index (χ3n) is 1.72. The monoisotopic (exact) mass is 199 g/mol. The van der Waals surface area contributed by atoms with Gasteiger partial charge in [0.05, 0.1) is 10.6 Å². The lowest BCUT2D eigenvalue weighted by Gasteiger charge is -2.01. The van der Waals surface area contributed by atoms with Gasteiger partial charge in [-0.15, -0.1) is 0 Å². The molecule has 1 aromatic carbocycles. The molecular weight excluding hydrogens is 186 g/mol. The molecular formula is C9H13NO2S. The fourth-order valence-electron chi connectivity index (χ4n) is 1.02. The highest BCUT2D eigenvalue weighted by atomic mass is 32.2. The third-order valence-corrected chi connectivity index (χ3v) is 3.54. The maximum atomic E-state index is 11.5. The highest BCUT2D eigenvalue weighted by Gasteiger charge is 2.11. The van der Waals surface area contributed by atoms with Crippen LogP contribution in [0, 0.1) is 0 Å². The molecule has 1 aromatic rings. The van der Waals surface area contributed by atoms with Crippen molar-refractivity contribution in [3.63, 3.8) is 0 Å². The Hall–Kier alpha value is -0.870. The van der Waals surface area contributed by atoms with Gasteiger partial charge in [0, 0.05) is 0 Å². The van der Waals surface area contributed by atoms with E-state index in [4.69, 9.17) is 5.73 Å². The van der Waals surface area contributed by atoms with Gasteiger partial charge in [0.25, 0.3) is 0 Å². The molecule has 0 aromatic heterocycles. The minimum absolute atomic E-state index is 0.132. The van der Waals surface area contributed by atoms with E-state index in [-0.39, 0.29) is 5.75 Å². The first-order chi connectivity index (χ1) is 6.17. The Morgan fingerprint density at radius 3 is 2.31 bits per heavy atom. The summed E-state index contributed by atoms with van der Waals surface area (Å²) >= 11 is 0. The zero-order valence-corrected chi connectivity index (χ0v) is 8.13. The SMILES string of the molecule is NCCCS(=O)(=O)c1ccccc1. The highest BCUT2D eigenvalue weighted by molar-refractivity contribution is 7.91. The van der Waals surface area contributed by atoms with Gasteiger partial charge in [-0.3, -0.25) is 0 Å². The van der Waals surface area contributed by atoms with Crippen molar-refractivity contribution in [1.29, 1.82) is 0 Å². The van der Waals surface area contributed by atoms with E-state index in [9.17, 15) is 8.42 Å². The molecule has 13 heavy (non-hydrogen) atoms. The lowest BCUT2D eigenvalue weighted by atomic mass is 10.4. The number of nitrogens with two attached hydrogens (primary N) is 1. The van der Waals surface area contributed by atoms with Crippen LogP contribution in [0.4, 0.5) is 0 Å². The van der Waals surface area contributed by atoms with Crippen molar-refractivity contribution in [2.75, 3.05) is 12.3 Å². The lowest BCUT2D eigenvalue weighted by molar-refractivity contribution is 0.593. The van der Waals surface area contributed by atoms with Crippen LogP contribution in [0.1, 0.15) is 6.42 Å².